The van der Waals surface area contributed by atoms with Crippen molar-refractivity contribution in [2.75, 3.05) is 24.6 Å². The van der Waals surface area contributed by atoms with E-state index < -0.39 is 17.8 Å². The van der Waals surface area contributed by atoms with Gasteiger partial charge in [-0.05, 0) is 48.9 Å². The van der Waals surface area contributed by atoms with Crippen molar-refractivity contribution in [3.05, 3.63) is 119 Å². The molecule has 0 unspecified atom stereocenters. The van der Waals surface area contributed by atoms with Crippen LogP contribution in [0.2, 0.25) is 0 Å². The lowest BCUT2D eigenvalue weighted by Crippen LogP contribution is -2.44. The standard InChI is InChI=1S/C30H25N3O4/c1-22-26(17-18-32(24-13-7-3-8-14-24)25-15-9-4-10-16-25)28(34)33(29(35)27(22)21-31)19-20-37-30(36)23-11-5-2-6-12-23/h2-17H,18-20H2,1H3/b26-17+. The van der Waals surface area contributed by atoms with E-state index in [-0.39, 0.29) is 24.3 Å². The van der Waals surface area contributed by atoms with Crippen LogP contribution in [0.25, 0.3) is 0 Å². The first-order valence-electron chi connectivity index (χ1n) is 11.8. The molecule has 0 aliphatic carbocycles. The number of rotatable bonds is 8. The lowest BCUT2D eigenvalue weighted by molar-refractivity contribution is -0.141. The summed E-state index contributed by atoms with van der Waals surface area (Å²) >= 11 is 0. The van der Waals surface area contributed by atoms with Gasteiger partial charge < -0.3 is 9.64 Å². The number of hydrogen-bond acceptors (Lipinski definition) is 6. The molecule has 184 valence electrons. The summed E-state index contributed by atoms with van der Waals surface area (Å²) in [4.78, 5) is 41.5. The Bertz CT molecular complexity index is 1350. The van der Waals surface area contributed by atoms with Crippen molar-refractivity contribution < 1.29 is 19.1 Å². The molecule has 4 rings (SSSR count). The van der Waals surface area contributed by atoms with Gasteiger partial charge >= 0.3 is 5.97 Å². The molecule has 0 atom stereocenters. The lowest BCUT2D eigenvalue weighted by atomic mass is 9.95. The highest BCUT2D eigenvalue weighted by Gasteiger charge is 2.35. The zero-order valence-electron chi connectivity index (χ0n) is 20.3. The fraction of sp³-hybridized carbons (Fsp3) is 0.133. The highest BCUT2D eigenvalue weighted by molar-refractivity contribution is 6.18. The Morgan fingerprint density at radius 2 is 1.43 bits per heavy atom. The topological polar surface area (TPSA) is 90.7 Å². The number of hydrogen-bond donors (Lipinski definition) is 0. The van der Waals surface area contributed by atoms with Gasteiger partial charge in [0.05, 0.1) is 12.1 Å². The highest BCUT2D eigenvalue weighted by atomic mass is 16.5. The molecule has 7 heteroatoms. The monoisotopic (exact) mass is 491 g/mol. The average molecular weight is 492 g/mol. The maximum atomic E-state index is 13.4. The minimum Gasteiger partial charge on any atom is -0.460 e. The summed E-state index contributed by atoms with van der Waals surface area (Å²) in [6.07, 6.45) is 1.73. The van der Waals surface area contributed by atoms with Crippen molar-refractivity contribution in [2.45, 2.75) is 6.92 Å². The van der Waals surface area contributed by atoms with Gasteiger partial charge in [0.1, 0.15) is 18.2 Å². The molecule has 0 aromatic heterocycles. The van der Waals surface area contributed by atoms with E-state index in [1.165, 1.54) is 0 Å². The number of carbonyl (C=O) groups excluding carboxylic acids is 3. The SMILES string of the molecule is CC1=C(C#N)C(=O)N(CCOC(=O)c2ccccc2)C(=O)/C1=C/CN(c1ccccc1)c1ccccc1. The molecule has 1 aliphatic heterocycles. The summed E-state index contributed by atoms with van der Waals surface area (Å²) in [6, 6.07) is 29.8. The van der Waals surface area contributed by atoms with Crippen LogP contribution < -0.4 is 4.90 Å². The molecule has 37 heavy (non-hydrogen) atoms. The van der Waals surface area contributed by atoms with Crippen LogP contribution in [-0.2, 0) is 14.3 Å². The number of amides is 2. The molecular weight excluding hydrogens is 466 g/mol. The molecule has 3 aromatic rings. The van der Waals surface area contributed by atoms with Crippen LogP contribution in [0.3, 0.4) is 0 Å². The first-order chi connectivity index (χ1) is 18.0. The summed E-state index contributed by atoms with van der Waals surface area (Å²) < 4.78 is 5.26. The molecule has 1 aliphatic rings. The fourth-order valence-corrected chi connectivity index (χ4v) is 4.05. The van der Waals surface area contributed by atoms with Crippen LogP contribution in [0, 0.1) is 11.3 Å². The summed E-state index contributed by atoms with van der Waals surface area (Å²) in [5.41, 5.74) is 2.72. The number of nitriles is 1. The zero-order valence-corrected chi connectivity index (χ0v) is 20.3. The quantitative estimate of drug-likeness (QED) is 0.255. The van der Waals surface area contributed by atoms with Crippen molar-refractivity contribution in [2.24, 2.45) is 0 Å². The summed E-state index contributed by atoms with van der Waals surface area (Å²) in [7, 11) is 0. The third-order valence-electron chi connectivity index (χ3n) is 6.00. The number of esters is 1. The van der Waals surface area contributed by atoms with Gasteiger partial charge in [0.25, 0.3) is 11.8 Å². The Kier molecular flexibility index (Phi) is 7.91. The predicted molar refractivity (Wildman–Crippen MR) is 140 cm³/mol. The Labute approximate surface area is 215 Å². The number of ether oxygens (including phenoxy) is 1. The number of benzene rings is 3. The van der Waals surface area contributed by atoms with Gasteiger partial charge in [0.2, 0.25) is 0 Å². The third kappa shape index (κ3) is 5.65. The van der Waals surface area contributed by atoms with Crippen LogP contribution in [-0.4, -0.2) is 42.4 Å². The van der Waals surface area contributed by atoms with Gasteiger partial charge in [-0.2, -0.15) is 5.26 Å². The summed E-state index contributed by atoms with van der Waals surface area (Å²) in [6.45, 7) is 1.59. The second-order valence-electron chi connectivity index (χ2n) is 8.28. The second-order valence-corrected chi connectivity index (χ2v) is 8.28. The minimum atomic E-state index is -0.694. The van der Waals surface area contributed by atoms with Crippen LogP contribution in [0.15, 0.2) is 114 Å². The van der Waals surface area contributed by atoms with Gasteiger partial charge in [0, 0.05) is 23.5 Å². The molecule has 0 bridgehead atoms. The van der Waals surface area contributed by atoms with Gasteiger partial charge in [-0.15, -0.1) is 0 Å². The van der Waals surface area contributed by atoms with E-state index in [1.807, 2.05) is 71.6 Å². The molecule has 0 radical (unpaired) electrons. The van der Waals surface area contributed by atoms with E-state index in [1.54, 1.807) is 43.3 Å². The van der Waals surface area contributed by atoms with Crippen molar-refractivity contribution in [1.82, 2.24) is 4.90 Å². The number of anilines is 2. The number of carbonyl (C=O) groups is 3. The fourth-order valence-electron chi connectivity index (χ4n) is 4.05. The van der Waals surface area contributed by atoms with E-state index in [4.69, 9.17) is 4.74 Å². The Hall–Kier alpha value is -4.96. The normalized spacial score (nSPS) is 14.5. The van der Waals surface area contributed by atoms with Crippen LogP contribution in [0.1, 0.15) is 17.3 Å². The molecule has 7 nitrogen and oxygen atoms in total. The Balaban J connectivity index is 1.57. The number of nitrogens with zero attached hydrogens (tertiary/aromatic N) is 3. The molecule has 2 amide bonds. The minimum absolute atomic E-state index is 0.105. The zero-order chi connectivity index (χ0) is 26.2. The molecule has 0 saturated carbocycles. The number of imide groups is 1. The molecule has 0 fully saturated rings. The average Bonchev–Trinajstić information content (AvgIpc) is 2.94. The Morgan fingerprint density at radius 3 is 1.97 bits per heavy atom. The van der Waals surface area contributed by atoms with Crippen LogP contribution in [0.4, 0.5) is 11.4 Å². The van der Waals surface area contributed by atoms with E-state index in [2.05, 4.69) is 0 Å². The van der Waals surface area contributed by atoms with E-state index in [9.17, 15) is 19.6 Å². The van der Waals surface area contributed by atoms with E-state index in [0.717, 1.165) is 16.3 Å². The molecule has 0 saturated heterocycles. The maximum Gasteiger partial charge on any atom is 0.338 e. The van der Waals surface area contributed by atoms with Crippen LogP contribution in [0.5, 0.6) is 0 Å². The maximum absolute atomic E-state index is 13.4. The van der Waals surface area contributed by atoms with Crippen LogP contribution >= 0.6 is 0 Å². The molecule has 0 spiro atoms. The molecule has 3 aromatic carbocycles. The molecular formula is C30H25N3O4. The van der Waals surface area contributed by atoms with E-state index in [0.29, 0.717) is 17.7 Å². The van der Waals surface area contributed by atoms with Crippen molar-refractivity contribution in [3.63, 3.8) is 0 Å². The van der Waals surface area contributed by atoms with Gasteiger partial charge in [-0.25, -0.2) is 4.79 Å². The van der Waals surface area contributed by atoms with Gasteiger partial charge in [-0.1, -0.05) is 60.7 Å². The third-order valence-corrected chi connectivity index (χ3v) is 6.00. The molecule has 0 N–H and O–H groups in total. The van der Waals surface area contributed by atoms with E-state index >= 15 is 0 Å². The van der Waals surface area contributed by atoms with Gasteiger partial charge in [0.15, 0.2) is 0 Å². The smallest absolute Gasteiger partial charge is 0.338 e. The first kappa shape index (κ1) is 25.1. The highest BCUT2D eigenvalue weighted by Crippen LogP contribution is 2.28. The molecule has 1 heterocycles. The van der Waals surface area contributed by atoms with Crippen molar-refractivity contribution in [1.29, 1.82) is 5.26 Å². The number of para-hydroxylation sites is 2. The van der Waals surface area contributed by atoms with Gasteiger partial charge in [-0.3, -0.25) is 14.5 Å². The predicted octanol–water partition coefficient (Wildman–Crippen LogP) is 4.82. The summed E-state index contributed by atoms with van der Waals surface area (Å²) in [5, 5.41) is 9.66. The summed E-state index contributed by atoms with van der Waals surface area (Å²) in [5.74, 6) is -1.78. The van der Waals surface area contributed by atoms with Crippen molar-refractivity contribution in [3.8, 4) is 6.07 Å². The second kappa shape index (κ2) is 11.6. The lowest BCUT2D eigenvalue weighted by Gasteiger charge is -2.28. The first-order valence-corrected chi connectivity index (χ1v) is 11.8. The van der Waals surface area contributed by atoms with Crippen molar-refractivity contribution >= 4 is 29.2 Å². The Morgan fingerprint density at radius 1 is 0.892 bits per heavy atom. The largest absolute Gasteiger partial charge is 0.460 e.